The predicted octanol–water partition coefficient (Wildman–Crippen LogP) is 2.49. The van der Waals surface area contributed by atoms with Crippen molar-refractivity contribution in [2.75, 3.05) is 6.54 Å². The van der Waals surface area contributed by atoms with Crippen LogP contribution in [-0.2, 0) is 0 Å². The second kappa shape index (κ2) is 5.19. The molecule has 0 rings (SSSR count). The van der Waals surface area contributed by atoms with E-state index in [2.05, 4.69) is 11.9 Å². The third kappa shape index (κ3) is 7.60. The summed E-state index contributed by atoms with van der Waals surface area (Å²) in [4.78, 5) is 0. The Bertz CT molecular complexity index is 131. The molecule has 1 unspecified atom stereocenters. The number of halogens is 3. The maximum absolute atomic E-state index is 11.7. The van der Waals surface area contributed by atoms with Gasteiger partial charge >= 0.3 is 6.18 Å². The van der Waals surface area contributed by atoms with Gasteiger partial charge < -0.3 is 5.32 Å². The number of allylic oxidation sites excluding steroid dienone is 1. The molecule has 0 heterocycles. The Hall–Kier alpha value is -0.510. The van der Waals surface area contributed by atoms with E-state index in [1.54, 1.807) is 13.0 Å². The highest BCUT2D eigenvalue weighted by atomic mass is 19.4. The first-order valence-electron chi connectivity index (χ1n) is 3.86. The fourth-order valence-corrected chi connectivity index (χ4v) is 0.760. The van der Waals surface area contributed by atoms with E-state index in [-0.39, 0.29) is 6.04 Å². The minimum Gasteiger partial charge on any atom is -0.306 e. The van der Waals surface area contributed by atoms with E-state index >= 15 is 0 Å². The fraction of sp³-hybridized carbons (Fsp3) is 0.750. The Labute approximate surface area is 70.7 Å². The van der Waals surface area contributed by atoms with Crippen molar-refractivity contribution in [1.29, 1.82) is 0 Å². The van der Waals surface area contributed by atoms with Gasteiger partial charge in [0.05, 0.1) is 6.54 Å². The molecule has 0 aromatic heterocycles. The molecule has 0 aromatic rings. The third-order valence-electron chi connectivity index (χ3n) is 1.45. The molecule has 0 aliphatic rings. The summed E-state index contributed by atoms with van der Waals surface area (Å²) in [5, 5.41) is 2.38. The molecule has 1 atom stereocenters. The molecule has 0 radical (unpaired) electrons. The van der Waals surface area contributed by atoms with Crippen LogP contribution in [0.2, 0.25) is 0 Å². The SMILES string of the molecule is C=CCCC(C)NCC(F)(F)F. The highest BCUT2D eigenvalue weighted by molar-refractivity contribution is 4.71. The normalized spacial score (nSPS) is 14.3. The first-order valence-corrected chi connectivity index (χ1v) is 3.86. The summed E-state index contributed by atoms with van der Waals surface area (Å²) < 4.78 is 35.0. The van der Waals surface area contributed by atoms with E-state index in [0.717, 1.165) is 6.42 Å². The molecule has 0 aliphatic heterocycles. The van der Waals surface area contributed by atoms with Gasteiger partial charge in [0.15, 0.2) is 0 Å². The molecular formula is C8H14F3N. The van der Waals surface area contributed by atoms with Gasteiger partial charge in [-0.15, -0.1) is 6.58 Å². The Balaban J connectivity index is 3.43. The van der Waals surface area contributed by atoms with E-state index < -0.39 is 12.7 Å². The van der Waals surface area contributed by atoms with Crippen molar-refractivity contribution in [3.8, 4) is 0 Å². The van der Waals surface area contributed by atoms with Gasteiger partial charge in [-0.3, -0.25) is 0 Å². The van der Waals surface area contributed by atoms with Crippen LogP contribution >= 0.6 is 0 Å². The monoisotopic (exact) mass is 181 g/mol. The van der Waals surface area contributed by atoms with Crippen molar-refractivity contribution in [2.45, 2.75) is 32.0 Å². The summed E-state index contributed by atoms with van der Waals surface area (Å²) >= 11 is 0. The van der Waals surface area contributed by atoms with Gasteiger partial charge in [0.25, 0.3) is 0 Å². The van der Waals surface area contributed by atoms with Crippen molar-refractivity contribution in [3.05, 3.63) is 12.7 Å². The largest absolute Gasteiger partial charge is 0.401 e. The van der Waals surface area contributed by atoms with Crippen molar-refractivity contribution in [1.82, 2.24) is 5.32 Å². The minimum absolute atomic E-state index is 0.107. The van der Waals surface area contributed by atoms with Crippen molar-refractivity contribution in [3.63, 3.8) is 0 Å². The zero-order chi connectivity index (χ0) is 9.61. The summed E-state index contributed by atoms with van der Waals surface area (Å²) in [5.41, 5.74) is 0. The van der Waals surface area contributed by atoms with E-state index in [9.17, 15) is 13.2 Å². The number of hydrogen-bond acceptors (Lipinski definition) is 1. The molecule has 0 saturated heterocycles. The van der Waals surface area contributed by atoms with Crippen LogP contribution in [0.4, 0.5) is 13.2 Å². The maximum Gasteiger partial charge on any atom is 0.401 e. The van der Waals surface area contributed by atoms with Crippen LogP contribution in [-0.4, -0.2) is 18.8 Å². The standard InChI is InChI=1S/C8H14F3N/c1-3-4-5-7(2)12-6-8(9,10)11/h3,7,12H,1,4-6H2,2H3. The van der Waals surface area contributed by atoms with Gasteiger partial charge in [-0.25, -0.2) is 0 Å². The fourth-order valence-electron chi connectivity index (χ4n) is 0.760. The first-order chi connectivity index (χ1) is 5.45. The van der Waals surface area contributed by atoms with Gasteiger partial charge in [-0.05, 0) is 19.8 Å². The quantitative estimate of drug-likeness (QED) is 0.642. The van der Waals surface area contributed by atoms with Crippen molar-refractivity contribution in [2.24, 2.45) is 0 Å². The molecule has 0 aliphatic carbocycles. The van der Waals surface area contributed by atoms with Gasteiger partial charge in [-0.1, -0.05) is 6.08 Å². The summed E-state index contributed by atoms with van der Waals surface area (Å²) in [7, 11) is 0. The molecular weight excluding hydrogens is 167 g/mol. The van der Waals surface area contributed by atoms with E-state index in [1.807, 2.05) is 0 Å². The lowest BCUT2D eigenvalue weighted by Crippen LogP contribution is -2.35. The summed E-state index contributed by atoms with van der Waals surface area (Å²) in [5.74, 6) is 0. The zero-order valence-corrected chi connectivity index (χ0v) is 7.12. The predicted molar refractivity (Wildman–Crippen MR) is 43.0 cm³/mol. The Morgan fingerprint density at radius 1 is 1.50 bits per heavy atom. The van der Waals surface area contributed by atoms with Crippen LogP contribution in [0.15, 0.2) is 12.7 Å². The molecule has 0 spiro atoms. The summed E-state index contributed by atoms with van der Waals surface area (Å²) in [6.07, 6.45) is -0.972. The first kappa shape index (κ1) is 11.5. The smallest absolute Gasteiger partial charge is 0.306 e. The van der Waals surface area contributed by atoms with Crippen LogP contribution < -0.4 is 5.32 Å². The minimum atomic E-state index is -4.11. The van der Waals surface area contributed by atoms with Gasteiger partial charge in [-0.2, -0.15) is 13.2 Å². The molecule has 1 nitrogen and oxygen atoms in total. The lowest BCUT2D eigenvalue weighted by Gasteiger charge is -2.14. The molecule has 0 fully saturated rings. The topological polar surface area (TPSA) is 12.0 Å². The highest BCUT2D eigenvalue weighted by Crippen LogP contribution is 2.13. The summed E-state index contributed by atoms with van der Waals surface area (Å²) in [6.45, 7) is 4.31. The second-order valence-electron chi connectivity index (χ2n) is 2.76. The summed E-state index contributed by atoms with van der Waals surface area (Å²) in [6, 6.07) is -0.107. The van der Waals surface area contributed by atoms with Gasteiger partial charge in [0, 0.05) is 6.04 Å². The van der Waals surface area contributed by atoms with Crippen LogP contribution in [0, 0.1) is 0 Å². The number of nitrogens with one attached hydrogen (secondary N) is 1. The van der Waals surface area contributed by atoms with Crippen LogP contribution in [0.25, 0.3) is 0 Å². The second-order valence-corrected chi connectivity index (χ2v) is 2.76. The number of hydrogen-bond donors (Lipinski definition) is 1. The molecule has 72 valence electrons. The van der Waals surface area contributed by atoms with Crippen LogP contribution in [0.5, 0.6) is 0 Å². The average molecular weight is 181 g/mol. The Kier molecular flexibility index (Phi) is 4.97. The molecule has 0 aromatic carbocycles. The van der Waals surface area contributed by atoms with Gasteiger partial charge in [0.2, 0.25) is 0 Å². The van der Waals surface area contributed by atoms with E-state index in [0.29, 0.717) is 6.42 Å². The van der Waals surface area contributed by atoms with E-state index in [4.69, 9.17) is 0 Å². The maximum atomic E-state index is 11.7. The number of rotatable bonds is 5. The Morgan fingerprint density at radius 2 is 2.08 bits per heavy atom. The highest BCUT2D eigenvalue weighted by Gasteiger charge is 2.26. The Morgan fingerprint density at radius 3 is 2.50 bits per heavy atom. The molecule has 1 N–H and O–H groups in total. The molecule has 12 heavy (non-hydrogen) atoms. The molecule has 4 heteroatoms. The molecule has 0 bridgehead atoms. The van der Waals surface area contributed by atoms with Gasteiger partial charge in [0.1, 0.15) is 0 Å². The average Bonchev–Trinajstić information content (AvgIpc) is 1.95. The molecule has 0 saturated carbocycles. The van der Waals surface area contributed by atoms with Crippen LogP contribution in [0.3, 0.4) is 0 Å². The van der Waals surface area contributed by atoms with Crippen molar-refractivity contribution < 1.29 is 13.2 Å². The third-order valence-corrected chi connectivity index (χ3v) is 1.45. The van der Waals surface area contributed by atoms with Crippen LogP contribution in [0.1, 0.15) is 19.8 Å². The number of alkyl halides is 3. The lowest BCUT2D eigenvalue weighted by atomic mass is 10.2. The zero-order valence-electron chi connectivity index (χ0n) is 7.12. The van der Waals surface area contributed by atoms with Crippen molar-refractivity contribution >= 4 is 0 Å². The van der Waals surface area contributed by atoms with E-state index in [1.165, 1.54) is 0 Å². The lowest BCUT2D eigenvalue weighted by molar-refractivity contribution is -0.126. The molecule has 0 amide bonds.